The zero-order valence-electron chi connectivity index (χ0n) is 2.72. The summed E-state index contributed by atoms with van der Waals surface area (Å²) in [5.74, 6) is 0. The zero-order chi connectivity index (χ0) is 3.54. The van der Waals surface area contributed by atoms with Gasteiger partial charge in [-0.3, -0.25) is 0 Å². The Morgan fingerprint density at radius 3 is 2.80 bits per heavy atom. The molecule has 1 heterocycles. The lowest BCUT2D eigenvalue weighted by molar-refractivity contribution is 0.174. The summed E-state index contributed by atoms with van der Waals surface area (Å²) >= 11 is 0. The van der Waals surface area contributed by atoms with Crippen LogP contribution in [0, 0.1) is 0 Å². The van der Waals surface area contributed by atoms with Crippen molar-refractivity contribution in [2.24, 2.45) is 10.4 Å². The van der Waals surface area contributed by atoms with Gasteiger partial charge >= 0.3 is 0 Å². The second kappa shape index (κ2) is 1.01. The molecule has 0 N–H and O–H groups in total. The van der Waals surface area contributed by atoms with Crippen molar-refractivity contribution in [3.8, 4) is 0 Å². The molecule has 0 radical (unpaired) electrons. The molecule has 1 rings (SSSR count). The molecule has 1 aliphatic heterocycles. The molecule has 0 saturated heterocycles. The van der Waals surface area contributed by atoms with Gasteiger partial charge < -0.3 is 4.84 Å². The van der Waals surface area contributed by atoms with Crippen LogP contribution in [0.3, 0.4) is 0 Å². The Bertz CT molecular complexity index is 45.6. The standard InChI is InChI=1S/C2H4N2O/c1-2-5-4-3-1/h1-2H2/i4+1. The van der Waals surface area contributed by atoms with E-state index in [2.05, 4.69) is 15.2 Å². The van der Waals surface area contributed by atoms with E-state index in [9.17, 15) is 0 Å². The Morgan fingerprint density at radius 2 is 2.60 bits per heavy atom. The molecule has 0 aromatic heterocycles. The topological polar surface area (TPSA) is 34.0 Å². The summed E-state index contributed by atoms with van der Waals surface area (Å²) in [6.07, 6.45) is 0. The van der Waals surface area contributed by atoms with E-state index >= 15 is 0 Å². The second-order valence-corrected chi connectivity index (χ2v) is 0.780. The molecule has 3 heteroatoms. The molecule has 0 atom stereocenters. The van der Waals surface area contributed by atoms with Gasteiger partial charge in [0.05, 0.1) is 0 Å². The highest BCUT2D eigenvalue weighted by Gasteiger charge is 1.87. The van der Waals surface area contributed by atoms with Crippen LogP contribution in [0.15, 0.2) is 10.4 Å². The molecular formula is C2H4N2O. The van der Waals surface area contributed by atoms with E-state index in [-0.39, 0.29) is 0 Å². The van der Waals surface area contributed by atoms with Crippen molar-refractivity contribution in [1.82, 2.24) is 0 Å². The summed E-state index contributed by atoms with van der Waals surface area (Å²) in [7, 11) is 0. The summed E-state index contributed by atoms with van der Waals surface area (Å²) < 4.78 is 0. The first-order valence-electron chi connectivity index (χ1n) is 1.49. The first-order valence-corrected chi connectivity index (χ1v) is 1.49. The first kappa shape index (κ1) is 2.63. The third-order valence-electron chi connectivity index (χ3n) is 0.398. The predicted molar refractivity (Wildman–Crippen MR) is 15.7 cm³/mol. The lowest BCUT2D eigenvalue weighted by Crippen LogP contribution is -1.78. The van der Waals surface area contributed by atoms with Crippen LogP contribution in [-0.4, -0.2) is 13.2 Å². The number of rotatable bonds is 0. The van der Waals surface area contributed by atoms with E-state index in [0.29, 0.717) is 6.61 Å². The minimum absolute atomic E-state index is 0.667. The largest absolute Gasteiger partial charge is 0.378 e. The normalized spacial score (nSPS) is 19.2. The number of nitrogens with zero attached hydrogens (tertiary/aromatic N) is 2. The molecule has 0 bridgehead atoms. The van der Waals surface area contributed by atoms with E-state index in [1.165, 1.54) is 0 Å². The quantitative estimate of drug-likeness (QED) is 0.382. The van der Waals surface area contributed by atoms with Gasteiger partial charge in [0.1, 0.15) is 13.2 Å². The Hall–Kier alpha value is -0.600. The highest BCUT2D eigenvalue weighted by atomic mass is 16.8. The van der Waals surface area contributed by atoms with Crippen LogP contribution in [0.1, 0.15) is 0 Å². The molecule has 3 nitrogen and oxygen atoms in total. The number of hydrogen-bond acceptors (Lipinski definition) is 3. The van der Waals surface area contributed by atoms with Gasteiger partial charge in [-0.25, -0.2) is 0 Å². The molecule has 28 valence electrons. The van der Waals surface area contributed by atoms with Crippen LogP contribution in [0.5, 0.6) is 0 Å². The highest BCUT2D eigenvalue weighted by molar-refractivity contribution is 4.35. The van der Waals surface area contributed by atoms with Gasteiger partial charge in [-0.1, -0.05) is 0 Å². The van der Waals surface area contributed by atoms with Gasteiger partial charge in [-0.05, 0) is 0 Å². The van der Waals surface area contributed by atoms with E-state index in [1.54, 1.807) is 0 Å². The molecule has 0 unspecified atom stereocenters. The lowest BCUT2D eigenvalue weighted by Gasteiger charge is -1.72. The van der Waals surface area contributed by atoms with Crippen LogP contribution in [-0.2, 0) is 4.84 Å². The molecular weight excluding hydrogens is 69.0 g/mol. The molecule has 0 spiro atoms. The third kappa shape index (κ3) is 0.344. The highest BCUT2D eigenvalue weighted by Crippen LogP contribution is 1.87. The van der Waals surface area contributed by atoms with E-state index in [4.69, 9.17) is 0 Å². The fourth-order valence-electron chi connectivity index (χ4n) is 0.204. The lowest BCUT2D eigenvalue weighted by atomic mass is 10.8. The van der Waals surface area contributed by atoms with Crippen molar-refractivity contribution < 1.29 is 4.84 Å². The summed E-state index contributed by atoms with van der Waals surface area (Å²) in [5, 5.41) is 6.69. The maximum Gasteiger partial charge on any atom is 0.140 e. The van der Waals surface area contributed by atoms with Crippen molar-refractivity contribution in [3.05, 3.63) is 0 Å². The number of hydrogen-bond donors (Lipinski definition) is 0. The van der Waals surface area contributed by atoms with Crippen LogP contribution in [0.2, 0.25) is 0 Å². The Balaban J connectivity index is 2.32. The molecule has 0 amide bonds. The Kier molecular flexibility index (Phi) is 0.532. The fourth-order valence-corrected chi connectivity index (χ4v) is 0.204. The minimum Gasteiger partial charge on any atom is -0.378 e. The average Bonchev–Trinajstić information content (AvgIpc) is 1.76. The summed E-state index contributed by atoms with van der Waals surface area (Å²) in [6.45, 7) is 1.40. The van der Waals surface area contributed by atoms with Gasteiger partial charge in [0, 0.05) is 5.28 Å². The van der Waals surface area contributed by atoms with Crippen molar-refractivity contribution in [2.45, 2.75) is 0 Å². The monoisotopic (exact) mass is 73.0 g/mol. The Morgan fingerprint density at radius 1 is 1.60 bits per heavy atom. The fraction of sp³-hybridized carbons (Fsp3) is 1.00. The van der Waals surface area contributed by atoms with Gasteiger partial charge in [0.2, 0.25) is 0 Å². The van der Waals surface area contributed by atoms with Gasteiger partial charge in [-0.15, -0.1) is 0 Å². The average molecular weight is 73.1 g/mol. The molecule has 0 aromatic carbocycles. The van der Waals surface area contributed by atoms with Crippen molar-refractivity contribution in [1.29, 1.82) is 0 Å². The smallest absolute Gasteiger partial charge is 0.140 e. The molecule has 0 fully saturated rings. The van der Waals surface area contributed by atoms with Crippen molar-refractivity contribution in [2.75, 3.05) is 13.2 Å². The second-order valence-electron chi connectivity index (χ2n) is 0.780. The third-order valence-corrected chi connectivity index (χ3v) is 0.398. The Labute approximate surface area is 29.6 Å². The van der Waals surface area contributed by atoms with Crippen molar-refractivity contribution in [3.63, 3.8) is 0 Å². The SMILES string of the molecule is C1CO[15N]=N1. The molecule has 0 aliphatic carbocycles. The van der Waals surface area contributed by atoms with Gasteiger partial charge in [0.15, 0.2) is 0 Å². The predicted octanol–water partition coefficient (Wildman–Crippen LogP) is 0.384. The maximum absolute atomic E-state index is 4.40. The van der Waals surface area contributed by atoms with Gasteiger partial charge in [0.25, 0.3) is 0 Å². The molecule has 1 aliphatic rings. The van der Waals surface area contributed by atoms with Crippen LogP contribution in [0.4, 0.5) is 0 Å². The molecule has 5 heavy (non-hydrogen) atoms. The van der Waals surface area contributed by atoms with E-state index in [0.717, 1.165) is 6.54 Å². The summed E-state index contributed by atoms with van der Waals surface area (Å²) in [6, 6.07) is 0. The minimum atomic E-state index is 0.667. The maximum atomic E-state index is 4.40. The zero-order valence-corrected chi connectivity index (χ0v) is 2.72. The van der Waals surface area contributed by atoms with E-state index < -0.39 is 0 Å². The van der Waals surface area contributed by atoms with Gasteiger partial charge in [-0.2, -0.15) is 5.11 Å². The van der Waals surface area contributed by atoms with E-state index in [1.807, 2.05) is 0 Å². The summed E-state index contributed by atoms with van der Waals surface area (Å²) in [5.41, 5.74) is 0. The first-order chi connectivity index (χ1) is 2.50. The summed E-state index contributed by atoms with van der Waals surface area (Å²) in [4.78, 5) is 4.40. The van der Waals surface area contributed by atoms with Crippen LogP contribution in [0.25, 0.3) is 0 Å². The molecule has 0 saturated carbocycles. The molecule has 0 aromatic rings. The van der Waals surface area contributed by atoms with Crippen LogP contribution < -0.4 is 0 Å². The van der Waals surface area contributed by atoms with Crippen LogP contribution >= 0.6 is 0 Å². The van der Waals surface area contributed by atoms with Crippen molar-refractivity contribution >= 4 is 0 Å².